The molecule has 2 aromatic heterocycles. The van der Waals surface area contributed by atoms with Gasteiger partial charge in [-0.15, -0.1) is 0 Å². The largest absolute Gasteiger partial charge is 0.495 e. The van der Waals surface area contributed by atoms with Gasteiger partial charge in [-0.25, -0.2) is 9.78 Å². The third kappa shape index (κ3) is 4.55. The predicted octanol–water partition coefficient (Wildman–Crippen LogP) is 2.81. The summed E-state index contributed by atoms with van der Waals surface area (Å²) in [7, 11) is 1.61. The third-order valence-electron chi connectivity index (χ3n) is 5.54. The van der Waals surface area contributed by atoms with Crippen molar-refractivity contribution in [2.45, 2.75) is 19.4 Å². The molecule has 2 amide bonds. The van der Waals surface area contributed by atoms with Crippen LogP contribution in [0.1, 0.15) is 12.0 Å². The van der Waals surface area contributed by atoms with Gasteiger partial charge in [0.05, 0.1) is 17.8 Å². The van der Waals surface area contributed by atoms with E-state index in [0.29, 0.717) is 23.9 Å². The minimum Gasteiger partial charge on any atom is -0.495 e. The molecular formula is C22H27ClN6O2. The van der Waals surface area contributed by atoms with Crippen molar-refractivity contribution in [2.24, 2.45) is 5.73 Å². The number of benzene rings is 1. The fourth-order valence-electron chi connectivity index (χ4n) is 3.92. The van der Waals surface area contributed by atoms with Crippen molar-refractivity contribution >= 4 is 29.0 Å². The number of rotatable bonds is 6. The van der Waals surface area contributed by atoms with E-state index in [4.69, 9.17) is 27.1 Å². The average Bonchev–Trinajstić information content (AvgIpc) is 3.39. The first-order chi connectivity index (χ1) is 15.0. The zero-order valence-corrected chi connectivity index (χ0v) is 18.4. The van der Waals surface area contributed by atoms with Crippen molar-refractivity contribution in [3.8, 4) is 17.0 Å². The summed E-state index contributed by atoms with van der Waals surface area (Å²) < 4.78 is 7.30. The topological polar surface area (TPSA) is 96.9 Å². The highest BCUT2D eigenvalue weighted by atomic mass is 35.5. The molecule has 4 N–H and O–H groups in total. The molecule has 1 saturated heterocycles. The molecule has 4 rings (SSSR count). The summed E-state index contributed by atoms with van der Waals surface area (Å²) in [5, 5.41) is 6.32. The summed E-state index contributed by atoms with van der Waals surface area (Å²) in [5.41, 5.74) is 10.2. The number of carbonyl (C=O) groups excluding carboxylic acids is 1. The number of hydrogen-bond acceptors (Lipinski definition) is 5. The molecule has 164 valence electrons. The number of nitrogens with two attached hydrogens (primary N) is 1. The van der Waals surface area contributed by atoms with E-state index in [9.17, 15) is 4.79 Å². The lowest BCUT2D eigenvalue weighted by Crippen LogP contribution is -2.44. The van der Waals surface area contributed by atoms with Crippen LogP contribution in [-0.4, -0.2) is 54.7 Å². The van der Waals surface area contributed by atoms with E-state index in [-0.39, 0.29) is 12.1 Å². The molecule has 1 aromatic carbocycles. The van der Waals surface area contributed by atoms with Crippen LogP contribution < -0.4 is 26.0 Å². The second kappa shape index (κ2) is 9.03. The fourth-order valence-corrected chi connectivity index (χ4v) is 4.16. The SMILES string of the molecule is COc1cc(C)c(-c2cn3ccc(N4CCC(NC(=O)NCCN)C4)cc3n2)cc1Cl. The summed E-state index contributed by atoms with van der Waals surface area (Å²) in [6, 6.07) is 7.90. The van der Waals surface area contributed by atoms with Gasteiger partial charge in [-0.2, -0.15) is 0 Å². The number of anilines is 1. The van der Waals surface area contributed by atoms with Crippen LogP contribution in [-0.2, 0) is 0 Å². The first-order valence-corrected chi connectivity index (χ1v) is 10.7. The molecule has 31 heavy (non-hydrogen) atoms. The Morgan fingerprint density at radius 2 is 2.23 bits per heavy atom. The Morgan fingerprint density at radius 3 is 3.00 bits per heavy atom. The maximum Gasteiger partial charge on any atom is 0.315 e. The van der Waals surface area contributed by atoms with Gasteiger partial charge in [-0.1, -0.05) is 11.6 Å². The Labute approximate surface area is 186 Å². The molecule has 9 heteroatoms. The van der Waals surface area contributed by atoms with Gasteiger partial charge in [0, 0.05) is 61.9 Å². The summed E-state index contributed by atoms with van der Waals surface area (Å²) in [5.74, 6) is 0.655. The number of carbonyl (C=O) groups is 1. The van der Waals surface area contributed by atoms with Crippen LogP contribution in [0, 0.1) is 6.92 Å². The lowest BCUT2D eigenvalue weighted by atomic mass is 10.1. The Kier molecular flexibility index (Phi) is 6.20. The molecule has 1 aliphatic rings. The second-order valence-corrected chi connectivity index (χ2v) is 8.11. The number of hydrogen-bond donors (Lipinski definition) is 3. The standard InChI is InChI=1S/C22H27ClN6O2/c1-14-9-20(31-2)18(23)11-17(14)19-13-29-8-4-16(10-21(29)27-19)28-7-3-15(12-28)26-22(30)25-6-5-24/h4,8-11,13,15H,3,5-7,12,24H2,1-2H3,(H2,25,26,30). The van der Waals surface area contributed by atoms with Crippen molar-refractivity contribution in [3.63, 3.8) is 0 Å². The highest BCUT2D eigenvalue weighted by molar-refractivity contribution is 6.32. The van der Waals surface area contributed by atoms with E-state index in [0.717, 1.165) is 47.7 Å². The molecule has 8 nitrogen and oxygen atoms in total. The number of methoxy groups -OCH3 is 1. The van der Waals surface area contributed by atoms with Crippen molar-refractivity contribution in [1.82, 2.24) is 20.0 Å². The quantitative estimate of drug-likeness (QED) is 0.545. The molecule has 3 aromatic rings. The van der Waals surface area contributed by atoms with Gasteiger partial charge in [-0.3, -0.25) is 0 Å². The number of aromatic nitrogens is 2. The summed E-state index contributed by atoms with van der Waals surface area (Å²) in [4.78, 5) is 19.0. The van der Waals surface area contributed by atoms with Crippen LogP contribution in [0.3, 0.4) is 0 Å². The number of pyridine rings is 1. The fraction of sp³-hybridized carbons (Fsp3) is 0.364. The number of urea groups is 1. The van der Waals surface area contributed by atoms with Crippen LogP contribution in [0.5, 0.6) is 5.75 Å². The summed E-state index contributed by atoms with van der Waals surface area (Å²) in [6.45, 7) is 4.55. The Morgan fingerprint density at radius 1 is 1.39 bits per heavy atom. The van der Waals surface area contributed by atoms with Gasteiger partial charge >= 0.3 is 6.03 Å². The number of nitrogens with one attached hydrogen (secondary N) is 2. The Hall–Kier alpha value is -2.97. The first-order valence-electron chi connectivity index (χ1n) is 10.3. The lowest BCUT2D eigenvalue weighted by Gasteiger charge is -2.19. The molecule has 0 aliphatic carbocycles. The Balaban J connectivity index is 1.51. The lowest BCUT2D eigenvalue weighted by molar-refractivity contribution is 0.238. The van der Waals surface area contributed by atoms with E-state index in [1.165, 1.54) is 0 Å². The normalized spacial score (nSPS) is 16.0. The number of fused-ring (bicyclic) bond motifs is 1. The second-order valence-electron chi connectivity index (χ2n) is 7.70. The van der Waals surface area contributed by atoms with E-state index in [1.54, 1.807) is 7.11 Å². The number of ether oxygens (including phenoxy) is 1. The maximum atomic E-state index is 11.9. The van der Waals surface area contributed by atoms with Gasteiger partial charge in [0.1, 0.15) is 11.4 Å². The van der Waals surface area contributed by atoms with Gasteiger partial charge in [-0.05, 0) is 37.1 Å². The maximum absolute atomic E-state index is 11.9. The molecule has 1 aliphatic heterocycles. The zero-order chi connectivity index (χ0) is 22.0. The van der Waals surface area contributed by atoms with Crippen molar-refractivity contribution < 1.29 is 9.53 Å². The highest BCUT2D eigenvalue weighted by Crippen LogP contribution is 2.33. The third-order valence-corrected chi connectivity index (χ3v) is 5.83. The van der Waals surface area contributed by atoms with E-state index in [2.05, 4.69) is 27.7 Å². The van der Waals surface area contributed by atoms with Crippen molar-refractivity contribution in [3.05, 3.63) is 47.2 Å². The van der Waals surface area contributed by atoms with E-state index < -0.39 is 0 Å². The minimum absolute atomic E-state index is 0.105. The van der Waals surface area contributed by atoms with E-state index >= 15 is 0 Å². The molecular weight excluding hydrogens is 416 g/mol. The van der Waals surface area contributed by atoms with E-state index in [1.807, 2.05) is 35.9 Å². The number of nitrogens with zero attached hydrogens (tertiary/aromatic N) is 3. The van der Waals surface area contributed by atoms with Gasteiger partial charge < -0.3 is 30.4 Å². The minimum atomic E-state index is -0.167. The van der Waals surface area contributed by atoms with Crippen LogP contribution in [0.2, 0.25) is 5.02 Å². The van der Waals surface area contributed by atoms with Crippen LogP contribution in [0.25, 0.3) is 16.9 Å². The highest BCUT2D eigenvalue weighted by Gasteiger charge is 2.24. The van der Waals surface area contributed by atoms with Crippen molar-refractivity contribution in [2.75, 3.05) is 38.2 Å². The molecule has 0 bridgehead atoms. The molecule has 1 unspecified atom stereocenters. The van der Waals surface area contributed by atoms with Crippen LogP contribution >= 0.6 is 11.6 Å². The predicted molar refractivity (Wildman–Crippen MR) is 123 cm³/mol. The molecule has 0 radical (unpaired) electrons. The van der Waals surface area contributed by atoms with Crippen molar-refractivity contribution in [1.29, 1.82) is 0 Å². The molecule has 0 saturated carbocycles. The van der Waals surface area contributed by atoms with Gasteiger partial charge in [0.25, 0.3) is 0 Å². The molecule has 0 spiro atoms. The smallest absolute Gasteiger partial charge is 0.315 e. The van der Waals surface area contributed by atoms with Gasteiger partial charge in [0.15, 0.2) is 0 Å². The number of imidazole rings is 1. The molecule has 3 heterocycles. The monoisotopic (exact) mass is 442 g/mol. The molecule has 1 atom stereocenters. The Bertz CT molecular complexity index is 1100. The summed E-state index contributed by atoms with van der Waals surface area (Å²) >= 11 is 6.33. The average molecular weight is 443 g/mol. The van der Waals surface area contributed by atoms with Crippen LogP contribution in [0.4, 0.5) is 10.5 Å². The number of amides is 2. The zero-order valence-electron chi connectivity index (χ0n) is 17.7. The summed E-state index contributed by atoms with van der Waals surface area (Å²) in [6.07, 6.45) is 4.90. The number of halogens is 1. The molecule has 1 fully saturated rings. The number of aryl methyl sites for hydroxylation is 1. The first kappa shape index (κ1) is 21.3. The van der Waals surface area contributed by atoms with Crippen LogP contribution in [0.15, 0.2) is 36.7 Å². The van der Waals surface area contributed by atoms with Gasteiger partial charge in [0.2, 0.25) is 0 Å².